The van der Waals surface area contributed by atoms with Gasteiger partial charge in [-0.05, 0) is 43.2 Å². The fourth-order valence-corrected chi connectivity index (χ4v) is 4.38. The molecule has 1 aromatic carbocycles. The van der Waals surface area contributed by atoms with Crippen LogP contribution in [0, 0.1) is 11.8 Å². The van der Waals surface area contributed by atoms with Gasteiger partial charge in [0.1, 0.15) is 0 Å². The molecule has 0 aromatic heterocycles. The molecule has 0 bridgehead atoms. The Morgan fingerprint density at radius 1 is 1.15 bits per heavy atom. The van der Waals surface area contributed by atoms with E-state index >= 15 is 0 Å². The molecule has 0 radical (unpaired) electrons. The average Bonchev–Trinajstić information content (AvgIpc) is 2.66. The lowest BCUT2D eigenvalue weighted by molar-refractivity contribution is -0.139. The summed E-state index contributed by atoms with van der Waals surface area (Å²) in [6.07, 6.45) is 8.20. The maximum absolute atomic E-state index is 12.5. The number of piperidine rings is 1. The van der Waals surface area contributed by atoms with Gasteiger partial charge in [-0.15, -0.1) is 0 Å². The van der Waals surface area contributed by atoms with Crippen LogP contribution in [0.25, 0.3) is 0 Å². The van der Waals surface area contributed by atoms with Gasteiger partial charge in [-0.3, -0.25) is 9.59 Å². The van der Waals surface area contributed by atoms with Gasteiger partial charge < -0.3 is 10.2 Å². The monoisotopic (exact) mass is 376 g/mol. The highest BCUT2D eigenvalue weighted by Gasteiger charge is 2.31. The summed E-state index contributed by atoms with van der Waals surface area (Å²) >= 11 is 6.16. The number of nitrogens with zero attached hydrogens (tertiary/aromatic N) is 1. The van der Waals surface area contributed by atoms with Crippen LogP contribution < -0.4 is 5.32 Å². The van der Waals surface area contributed by atoms with Crippen LogP contribution in [-0.4, -0.2) is 36.3 Å². The summed E-state index contributed by atoms with van der Waals surface area (Å²) in [5.41, 5.74) is 1.05. The minimum absolute atomic E-state index is 0.0678. The van der Waals surface area contributed by atoms with E-state index in [1.807, 2.05) is 29.2 Å². The molecule has 1 N–H and O–H groups in total. The van der Waals surface area contributed by atoms with Gasteiger partial charge in [0.05, 0.1) is 5.92 Å². The zero-order valence-electron chi connectivity index (χ0n) is 15.4. The zero-order chi connectivity index (χ0) is 18.4. The number of hydrogen-bond acceptors (Lipinski definition) is 2. The molecule has 5 heteroatoms. The van der Waals surface area contributed by atoms with E-state index in [1.54, 1.807) is 0 Å². The summed E-state index contributed by atoms with van der Waals surface area (Å²) in [6.45, 7) is 1.99. The Kier molecular flexibility index (Phi) is 6.95. The average molecular weight is 377 g/mol. The lowest BCUT2D eigenvalue weighted by Gasteiger charge is -2.35. The van der Waals surface area contributed by atoms with Gasteiger partial charge in [-0.25, -0.2) is 0 Å². The van der Waals surface area contributed by atoms with E-state index in [0.717, 1.165) is 23.6 Å². The zero-order valence-corrected chi connectivity index (χ0v) is 16.1. The van der Waals surface area contributed by atoms with E-state index < -0.39 is 0 Å². The van der Waals surface area contributed by atoms with E-state index in [1.165, 1.54) is 32.1 Å². The molecule has 3 rings (SSSR count). The van der Waals surface area contributed by atoms with Crippen molar-refractivity contribution < 1.29 is 9.59 Å². The summed E-state index contributed by atoms with van der Waals surface area (Å²) in [6, 6.07) is 7.72. The summed E-state index contributed by atoms with van der Waals surface area (Å²) in [5, 5.41) is 3.77. The molecule has 1 atom stereocenters. The lowest BCUT2D eigenvalue weighted by Crippen LogP contribution is -2.47. The van der Waals surface area contributed by atoms with Crippen molar-refractivity contribution in [2.45, 2.75) is 51.4 Å². The van der Waals surface area contributed by atoms with Crippen molar-refractivity contribution in [3.63, 3.8) is 0 Å². The van der Waals surface area contributed by atoms with E-state index in [9.17, 15) is 9.59 Å². The summed E-state index contributed by atoms with van der Waals surface area (Å²) in [7, 11) is 0. The Hall–Kier alpha value is -1.55. The molecule has 2 amide bonds. The molecule has 1 heterocycles. The second kappa shape index (κ2) is 9.40. The van der Waals surface area contributed by atoms with Gasteiger partial charge in [0.2, 0.25) is 11.8 Å². The molecule has 0 spiro atoms. The predicted molar refractivity (Wildman–Crippen MR) is 104 cm³/mol. The van der Waals surface area contributed by atoms with Crippen LogP contribution >= 0.6 is 11.6 Å². The Balaban J connectivity index is 1.46. The van der Waals surface area contributed by atoms with Crippen LogP contribution in [0.3, 0.4) is 0 Å². The molecule has 142 valence electrons. The first kappa shape index (κ1) is 19.2. The van der Waals surface area contributed by atoms with Gasteiger partial charge in [0.15, 0.2) is 0 Å². The van der Waals surface area contributed by atoms with Gasteiger partial charge in [-0.1, -0.05) is 49.1 Å². The van der Waals surface area contributed by atoms with Crippen molar-refractivity contribution in [1.82, 2.24) is 10.2 Å². The minimum atomic E-state index is -0.0810. The standard InChI is InChI=1S/C21H29ClN2O2/c22-19-9-5-4-8-17(19)12-13-23-21(26)18-10-11-20(25)24(15-18)14-16-6-2-1-3-7-16/h4-5,8-9,16,18H,1-3,6-7,10-15H2,(H,23,26)/t18-/m1/s1. The molecule has 1 aromatic rings. The van der Waals surface area contributed by atoms with Crippen molar-refractivity contribution in [3.05, 3.63) is 34.9 Å². The maximum atomic E-state index is 12.5. The topological polar surface area (TPSA) is 49.4 Å². The van der Waals surface area contributed by atoms with Crippen LogP contribution in [0.4, 0.5) is 0 Å². The van der Waals surface area contributed by atoms with Gasteiger partial charge in [-0.2, -0.15) is 0 Å². The van der Waals surface area contributed by atoms with E-state index in [-0.39, 0.29) is 17.7 Å². The molecular weight excluding hydrogens is 348 g/mol. The molecule has 2 fully saturated rings. The first-order valence-electron chi connectivity index (χ1n) is 9.92. The minimum Gasteiger partial charge on any atom is -0.355 e. The Morgan fingerprint density at radius 2 is 1.92 bits per heavy atom. The summed E-state index contributed by atoms with van der Waals surface area (Å²) in [4.78, 5) is 26.7. The number of hydrogen-bond donors (Lipinski definition) is 1. The molecule has 1 saturated carbocycles. The number of carbonyl (C=O) groups excluding carboxylic acids is 2. The van der Waals surface area contributed by atoms with Gasteiger partial charge in [0, 0.05) is 31.1 Å². The van der Waals surface area contributed by atoms with Crippen molar-refractivity contribution in [3.8, 4) is 0 Å². The van der Waals surface area contributed by atoms with Crippen LogP contribution in [0.2, 0.25) is 5.02 Å². The number of benzene rings is 1. The SMILES string of the molecule is O=C(NCCc1ccccc1Cl)[C@@H]1CCC(=O)N(CC2CCCCC2)C1. The normalized spacial score (nSPS) is 21.7. The molecule has 1 aliphatic heterocycles. The number of amides is 2. The molecule has 4 nitrogen and oxygen atoms in total. The van der Waals surface area contributed by atoms with Crippen LogP contribution in [0.15, 0.2) is 24.3 Å². The fraction of sp³-hybridized carbons (Fsp3) is 0.619. The number of halogens is 1. The van der Waals surface area contributed by atoms with Gasteiger partial charge >= 0.3 is 0 Å². The number of nitrogens with one attached hydrogen (secondary N) is 1. The molecule has 2 aliphatic rings. The molecule has 1 aliphatic carbocycles. The molecule has 26 heavy (non-hydrogen) atoms. The van der Waals surface area contributed by atoms with Crippen molar-refractivity contribution in [2.24, 2.45) is 11.8 Å². The number of rotatable bonds is 6. The lowest BCUT2D eigenvalue weighted by atomic mass is 9.87. The van der Waals surface area contributed by atoms with E-state index in [4.69, 9.17) is 11.6 Å². The summed E-state index contributed by atoms with van der Waals surface area (Å²) in [5.74, 6) is 0.825. The van der Waals surface area contributed by atoms with Crippen LogP contribution in [-0.2, 0) is 16.0 Å². The van der Waals surface area contributed by atoms with Crippen molar-refractivity contribution >= 4 is 23.4 Å². The Bertz CT molecular complexity index is 628. The smallest absolute Gasteiger partial charge is 0.224 e. The largest absolute Gasteiger partial charge is 0.355 e. The highest BCUT2D eigenvalue weighted by molar-refractivity contribution is 6.31. The summed E-state index contributed by atoms with van der Waals surface area (Å²) < 4.78 is 0. The Morgan fingerprint density at radius 3 is 2.69 bits per heavy atom. The van der Waals surface area contributed by atoms with Crippen molar-refractivity contribution in [2.75, 3.05) is 19.6 Å². The van der Waals surface area contributed by atoms with E-state index in [2.05, 4.69) is 5.32 Å². The second-order valence-corrected chi connectivity index (χ2v) is 8.08. The fourth-order valence-electron chi connectivity index (χ4n) is 4.15. The van der Waals surface area contributed by atoms with Crippen molar-refractivity contribution in [1.29, 1.82) is 0 Å². The molecule has 0 unspecified atom stereocenters. The highest BCUT2D eigenvalue weighted by Crippen LogP contribution is 2.27. The third kappa shape index (κ3) is 5.23. The first-order valence-corrected chi connectivity index (χ1v) is 10.3. The highest BCUT2D eigenvalue weighted by atomic mass is 35.5. The molecule has 1 saturated heterocycles. The third-order valence-electron chi connectivity index (χ3n) is 5.73. The van der Waals surface area contributed by atoms with E-state index in [0.29, 0.717) is 31.8 Å². The quantitative estimate of drug-likeness (QED) is 0.820. The number of carbonyl (C=O) groups is 2. The third-order valence-corrected chi connectivity index (χ3v) is 6.09. The van der Waals surface area contributed by atoms with Crippen LogP contribution in [0.1, 0.15) is 50.5 Å². The predicted octanol–water partition coefficient (Wildman–Crippen LogP) is 3.82. The Labute approximate surface area is 161 Å². The second-order valence-electron chi connectivity index (χ2n) is 7.67. The molecular formula is C21H29ClN2O2. The first-order chi connectivity index (χ1) is 12.6. The van der Waals surface area contributed by atoms with Gasteiger partial charge in [0.25, 0.3) is 0 Å². The number of likely N-dealkylation sites (tertiary alicyclic amines) is 1. The van der Waals surface area contributed by atoms with Crippen LogP contribution in [0.5, 0.6) is 0 Å². The maximum Gasteiger partial charge on any atom is 0.224 e.